The lowest BCUT2D eigenvalue weighted by molar-refractivity contribution is 0.147. The predicted molar refractivity (Wildman–Crippen MR) is 44.6 cm³/mol. The van der Waals surface area contributed by atoms with E-state index in [2.05, 4.69) is 4.98 Å². The molecule has 74 valence electrons. The van der Waals surface area contributed by atoms with Crippen molar-refractivity contribution in [3.05, 3.63) is 17.3 Å². The average Bonchev–Trinajstić information content (AvgIpc) is 2.10. The molecule has 0 fully saturated rings. The van der Waals surface area contributed by atoms with Gasteiger partial charge < -0.3 is 10.8 Å². The lowest BCUT2D eigenvalue weighted by Crippen LogP contribution is -2.00. The summed E-state index contributed by atoms with van der Waals surface area (Å²) in [5.74, 6) is -0.792. The second kappa shape index (κ2) is 3.87. The topological polar surface area (TPSA) is 82.9 Å². The summed E-state index contributed by atoms with van der Waals surface area (Å²) in [6.45, 7) is 0. The smallest absolute Gasteiger partial charge is 0.267 e. The van der Waals surface area contributed by atoms with Gasteiger partial charge in [0.2, 0.25) is 0 Å². The fourth-order valence-electron chi connectivity index (χ4n) is 1.000. The van der Waals surface area contributed by atoms with Crippen molar-refractivity contribution in [3.8, 4) is 11.8 Å². The van der Waals surface area contributed by atoms with E-state index in [1.807, 2.05) is 0 Å². The minimum Gasteiger partial charge on any atom is -0.505 e. The van der Waals surface area contributed by atoms with Crippen LogP contribution in [0.5, 0.6) is 5.75 Å². The van der Waals surface area contributed by atoms with Crippen LogP contribution in [0.2, 0.25) is 0 Å². The van der Waals surface area contributed by atoms with Gasteiger partial charge in [-0.3, -0.25) is 0 Å². The largest absolute Gasteiger partial charge is 0.505 e. The summed E-state index contributed by atoms with van der Waals surface area (Å²) in [5.41, 5.74) is 4.51. The number of hydrogen-bond acceptors (Lipinski definition) is 4. The van der Waals surface area contributed by atoms with Gasteiger partial charge in [-0.25, -0.2) is 13.8 Å². The maximum atomic E-state index is 12.3. The molecule has 0 aromatic carbocycles. The summed E-state index contributed by atoms with van der Waals surface area (Å²) in [5, 5.41) is 17.6. The molecule has 0 saturated heterocycles. The highest BCUT2D eigenvalue weighted by molar-refractivity contribution is 5.46. The molecule has 1 heterocycles. The second-order valence-corrected chi connectivity index (χ2v) is 2.57. The fourth-order valence-corrected chi connectivity index (χ4v) is 1.000. The summed E-state index contributed by atoms with van der Waals surface area (Å²) in [4.78, 5) is 3.58. The SMILES string of the molecule is N#CCc1nc(N)cc(C(F)F)c1O. The highest BCUT2D eigenvalue weighted by Gasteiger charge is 2.17. The first-order valence-electron chi connectivity index (χ1n) is 3.69. The number of anilines is 1. The summed E-state index contributed by atoms with van der Waals surface area (Å²) in [7, 11) is 0. The standard InChI is InChI=1S/C8H7F2N3O/c9-8(10)4-3-6(12)13-5(1-2-11)7(4)14/h3,8,14H,1H2,(H2,12,13). The van der Waals surface area contributed by atoms with Crippen LogP contribution in [0, 0.1) is 11.3 Å². The monoisotopic (exact) mass is 199 g/mol. The van der Waals surface area contributed by atoms with Crippen LogP contribution in [0.25, 0.3) is 0 Å². The molecule has 6 heteroatoms. The number of nitrogens with two attached hydrogens (primary N) is 1. The van der Waals surface area contributed by atoms with E-state index in [0.29, 0.717) is 0 Å². The van der Waals surface area contributed by atoms with Crippen LogP contribution in [-0.4, -0.2) is 10.1 Å². The van der Waals surface area contributed by atoms with Gasteiger partial charge >= 0.3 is 0 Å². The molecule has 0 unspecified atom stereocenters. The Morgan fingerprint density at radius 3 is 2.79 bits per heavy atom. The number of rotatable bonds is 2. The van der Waals surface area contributed by atoms with Crippen molar-refractivity contribution in [2.75, 3.05) is 5.73 Å². The van der Waals surface area contributed by atoms with E-state index < -0.39 is 17.7 Å². The summed E-state index contributed by atoms with van der Waals surface area (Å²) in [6, 6.07) is 2.58. The molecule has 0 spiro atoms. The van der Waals surface area contributed by atoms with E-state index in [-0.39, 0.29) is 17.9 Å². The molecular formula is C8H7F2N3O. The highest BCUT2D eigenvalue weighted by Crippen LogP contribution is 2.31. The lowest BCUT2D eigenvalue weighted by Gasteiger charge is -2.07. The fraction of sp³-hybridized carbons (Fsp3) is 0.250. The summed E-state index contributed by atoms with van der Waals surface area (Å²) < 4.78 is 24.6. The Hall–Kier alpha value is -1.90. The number of nitrogens with zero attached hydrogens (tertiary/aromatic N) is 2. The van der Waals surface area contributed by atoms with Crippen molar-refractivity contribution < 1.29 is 13.9 Å². The third-order valence-electron chi connectivity index (χ3n) is 1.60. The Morgan fingerprint density at radius 1 is 1.64 bits per heavy atom. The summed E-state index contributed by atoms with van der Waals surface area (Å²) in [6.07, 6.45) is -3.09. The normalized spacial score (nSPS) is 10.1. The average molecular weight is 199 g/mol. The molecule has 1 aromatic heterocycles. The van der Waals surface area contributed by atoms with Gasteiger partial charge in [0.05, 0.1) is 23.7 Å². The van der Waals surface area contributed by atoms with Crippen molar-refractivity contribution in [2.45, 2.75) is 12.8 Å². The van der Waals surface area contributed by atoms with Crippen molar-refractivity contribution in [2.24, 2.45) is 0 Å². The molecule has 3 N–H and O–H groups in total. The van der Waals surface area contributed by atoms with Gasteiger partial charge in [0.15, 0.2) is 0 Å². The van der Waals surface area contributed by atoms with Gasteiger partial charge in [-0.15, -0.1) is 0 Å². The predicted octanol–water partition coefficient (Wildman–Crippen LogP) is 1.37. The Balaban J connectivity index is 3.26. The minimum atomic E-state index is -2.84. The van der Waals surface area contributed by atoms with Crippen molar-refractivity contribution in [3.63, 3.8) is 0 Å². The number of nitriles is 1. The quantitative estimate of drug-likeness (QED) is 0.753. The van der Waals surface area contributed by atoms with Crippen LogP contribution < -0.4 is 5.73 Å². The molecular weight excluding hydrogens is 192 g/mol. The van der Waals surface area contributed by atoms with Gasteiger partial charge in [-0.2, -0.15) is 5.26 Å². The van der Waals surface area contributed by atoms with Gasteiger partial charge in [-0.1, -0.05) is 0 Å². The van der Waals surface area contributed by atoms with Crippen LogP contribution in [0.3, 0.4) is 0 Å². The maximum absolute atomic E-state index is 12.3. The number of halogens is 2. The molecule has 1 aromatic rings. The van der Waals surface area contributed by atoms with Crippen molar-refractivity contribution in [1.82, 2.24) is 4.98 Å². The van der Waals surface area contributed by atoms with Gasteiger partial charge in [0.1, 0.15) is 11.6 Å². The van der Waals surface area contributed by atoms with Crippen LogP contribution in [-0.2, 0) is 6.42 Å². The van der Waals surface area contributed by atoms with Crippen molar-refractivity contribution >= 4 is 5.82 Å². The highest BCUT2D eigenvalue weighted by atomic mass is 19.3. The van der Waals surface area contributed by atoms with E-state index in [0.717, 1.165) is 6.07 Å². The number of pyridine rings is 1. The van der Waals surface area contributed by atoms with Crippen LogP contribution in [0.15, 0.2) is 6.07 Å². The molecule has 0 amide bonds. The molecule has 0 radical (unpaired) electrons. The molecule has 0 aliphatic heterocycles. The lowest BCUT2D eigenvalue weighted by atomic mass is 10.1. The number of aromatic hydroxyl groups is 1. The van der Waals surface area contributed by atoms with Gasteiger partial charge in [0.25, 0.3) is 6.43 Å². The van der Waals surface area contributed by atoms with Crippen LogP contribution in [0.4, 0.5) is 14.6 Å². The minimum absolute atomic E-state index is 0.122. The first-order valence-corrected chi connectivity index (χ1v) is 3.69. The molecule has 14 heavy (non-hydrogen) atoms. The van der Waals surface area contributed by atoms with Crippen LogP contribution in [0.1, 0.15) is 17.7 Å². The van der Waals surface area contributed by atoms with E-state index in [1.165, 1.54) is 0 Å². The number of alkyl halides is 2. The second-order valence-electron chi connectivity index (χ2n) is 2.57. The zero-order chi connectivity index (χ0) is 10.7. The maximum Gasteiger partial charge on any atom is 0.267 e. The molecule has 0 atom stereocenters. The molecule has 1 rings (SSSR count). The number of aromatic nitrogens is 1. The Kier molecular flexibility index (Phi) is 2.82. The third-order valence-corrected chi connectivity index (χ3v) is 1.60. The number of nitrogen functional groups attached to an aromatic ring is 1. The molecule has 0 aliphatic rings. The molecule has 0 aliphatic carbocycles. The third kappa shape index (κ3) is 1.88. The molecule has 0 bridgehead atoms. The van der Waals surface area contributed by atoms with Gasteiger partial charge in [-0.05, 0) is 6.07 Å². The zero-order valence-electron chi connectivity index (χ0n) is 7.04. The Morgan fingerprint density at radius 2 is 2.29 bits per heavy atom. The van der Waals surface area contributed by atoms with E-state index in [4.69, 9.17) is 11.0 Å². The van der Waals surface area contributed by atoms with Crippen molar-refractivity contribution in [1.29, 1.82) is 5.26 Å². The molecule has 0 saturated carbocycles. The molecule has 4 nitrogen and oxygen atoms in total. The van der Waals surface area contributed by atoms with Crippen LogP contribution >= 0.6 is 0 Å². The Bertz CT molecular complexity index is 387. The zero-order valence-corrected chi connectivity index (χ0v) is 7.04. The van der Waals surface area contributed by atoms with E-state index in [9.17, 15) is 13.9 Å². The van der Waals surface area contributed by atoms with E-state index in [1.54, 1.807) is 6.07 Å². The first kappa shape index (κ1) is 10.2. The van der Waals surface area contributed by atoms with E-state index >= 15 is 0 Å². The Labute approximate surface area is 78.6 Å². The summed E-state index contributed by atoms with van der Waals surface area (Å²) >= 11 is 0. The number of hydrogen-bond donors (Lipinski definition) is 2. The van der Waals surface area contributed by atoms with Gasteiger partial charge in [0, 0.05) is 0 Å². The first-order chi connectivity index (χ1) is 6.56.